The molecule has 4 nitrogen and oxygen atoms in total. The van der Waals surface area contributed by atoms with Crippen LogP contribution in [0, 0.1) is 11.7 Å². The number of hydrogen-bond acceptors (Lipinski definition) is 2. The van der Waals surface area contributed by atoms with Crippen LogP contribution in [0.3, 0.4) is 0 Å². The van der Waals surface area contributed by atoms with Gasteiger partial charge in [-0.2, -0.15) is 0 Å². The van der Waals surface area contributed by atoms with Crippen LogP contribution in [0.15, 0.2) is 24.3 Å². The van der Waals surface area contributed by atoms with Gasteiger partial charge in [-0.25, -0.2) is 9.18 Å². The maximum atomic E-state index is 12.7. The lowest BCUT2D eigenvalue weighted by atomic mass is 10.0. The van der Waals surface area contributed by atoms with Gasteiger partial charge in [0, 0.05) is 11.7 Å². The Morgan fingerprint density at radius 1 is 1.33 bits per heavy atom. The smallest absolute Gasteiger partial charge is 0.319 e. The molecule has 0 spiro atoms. The zero-order valence-corrected chi connectivity index (χ0v) is 10.2. The fourth-order valence-corrected chi connectivity index (χ4v) is 2.38. The lowest BCUT2D eigenvalue weighted by Gasteiger charge is -2.19. The van der Waals surface area contributed by atoms with Crippen LogP contribution in [0.25, 0.3) is 0 Å². The molecule has 0 radical (unpaired) electrons. The summed E-state index contributed by atoms with van der Waals surface area (Å²) in [6.45, 7) is 0.599. The molecule has 1 saturated carbocycles. The van der Waals surface area contributed by atoms with E-state index in [9.17, 15) is 9.18 Å². The number of halogens is 1. The highest BCUT2D eigenvalue weighted by atomic mass is 19.1. The van der Waals surface area contributed by atoms with E-state index in [-0.39, 0.29) is 17.9 Å². The van der Waals surface area contributed by atoms with Gasteiger partial charge in [-0.15, -0.1) is 0 Å². The number of amides is 2. The Balaban J connectivity index is 1.86. The second-order valence-corrected chi connectivity index (χ2v) is 4.64. The topological polar surface area (TPSA) is 67.1 Å². The van der Waals surface area contributed by atoms with E-state index in [0.29, 0.717) is 18.2 Å². The molecule has 98 valence electrons. The van der Waals surface area contributed by atoms with E-state index in [1.807, 2.05) is 0 Å². The molecule has 18 heavy (non-hydrogen) atoms. The van der Waals surface area contributed by atoms with Crippen LogP contribution in [0.1, 0.15) is 19.3 Å². The number of rotatable bonds is 3. The van der Waals surface area contributed by atoms with E-state index < -0.39 is 0 Å². The molecular formula is C13H18FN3O. The quantitative estimate of drug-likeness (QED) is 0.770. The molecule has 0 aliphatic heterocycles. The van der Waals surface area contributed by atoms with E-state index in [2.05, 4.69) is 10.6 Å². The van der Waals surface area contributed by atoms with E-state index in [4.69, 9.17) is 5.73 Å². The molecule has 0 heterocycles. The number of hydrogen-bond donors (Lipinski definition) is 3. The van der Waals surface area contributed by atoms with Crippen molar-refractivity contribution in [3.63, 3.8) is 0 Å². The summed E-state index contributed by atoms with van der Waals surface area (Å²) in [6.07, 6.45) is 3.14. The van der Waals surface area contributed by atoms with Crippen molar-refractivity contribution in [3.8, 4) is 0 Å². The van der Waals surface area contributed by atoms with E-state index in [0.717, 1.165) is 19.3 Å². The highest BCUT2D eigenvalue weighted by Crippen LogP contribution is 2.24. The van der Waals surface area contributed by atoms with Gasteiger partial charge in [-0.05, 0) is 49.6 Å². The second-order valence-electron chi connectivity index (χ2n) is 4.64. The molecule has 0 bridgehead atoms. The lowest BCUT2D eigenvalue weighted by molar-refractivity contribution is 0.245. The normalized spacial score (nSPS) is 22.8. The highest BCUT2D eigenvalue weighted by molar-refractivity contribution is 5.89. The van der Waals surface area contributed by atoms with Crippen molar-refractivity contribution >= 4 is 11.7 Å². The number of nitrogens with two attached hydrogens (primary N) is 1. The van der Waals surface area contributed by atoms with Crippen molar-refractivity contribution in [3.05, 3.63) is 30.1 Å². The third-order valence-corrected chi connectivity index (χ3v) is 3.38. The summed E-state index contributed by atoms with van der Waals surface area (Å²) in [5.41, 5.74) is 6.24. The summed E-state index contributed by atoms with van der Waals surface area (Å²) in [5.74, 6) is 0.0453. The average molecular weight is 251 g/mol. The van der Waals surface area contributed by atoms with Crippen molar-refractivity contribution in [2.45, 2.75) is 25.3 Å². The Kier molecular flexibility index (Phi) is 4.15. The van der Waals surface area contributed by atoms with Crippen molar-refractivity contribution in [1.82, 2.24) is 5.32 Å². The zero-order chi connectivity index (χ0) is 13.0. The number of anilines is 1. The standard InChI is InChI=1S/C13H18FN3O/c14-10-4-6-11(7-5-10)16-13(18)17-12-3-1-2-9(12)8-15/h4-7,9,12H,1-3,8,15H2,(H2,16,17,18). The Morgan fingerprint density at radius 2 is 2.06 bits per heavy atom. The van der Waals surface area contributed by atoms with Gasteiger partial charge < -0.3 is 16.4 Å². The van der Waals surface area contributed by atoms with Crippen molar-refractivity contribution in [1.29, 1.82) is 0 Å². The molecule has 2 atom stereocenters. The average Bonchev–Trinajstić information content (AvgIpc) is 2.79. The first-order chi connectivity index (χ1) is 8.69. The molecule has 5 heteroatoms. The molecule has 4 N–H and O–H groups in total. The van der Waals surface area contributed by atoms with Gasteiger partial charge in [-0.1, -0.05) is 6.42 Å². The van der Waals surface area contributed by atoms with Crippen LogP contribution in [0.4, 0.5) is 14.9 Å². The molecule has 0 saturated heterocycles. The number of nitrogens with one attached hydrogen (secondary N) is 2. The molecule has 1 aromatic carbocycles. The van der Waals surface area contributed by atoms with E-state index in [1.54, 1.807) is 0 Å². The van der Waals surface area contributed by atoms with Crippen LogP contribution >= 0.6 is 0 Å². The number of carbonyl (C=O) groups excluding carboxylic acids is 1. The molecule has 1 aromatic rings. The molecule has 0 aromatic heterocycles. The maximum Gasteiger partial charge on any atom is 0.319 e. The third-order valence-electron chi connectivity index (χ3n) is 3.38. The number of urea groups is 1. The first-order valence-corrected chi connectivity index (χ1v) is 6.22. The number of benzene rings is 1. The van der Waals surface area contributed by atoms with Crippen LogP contribution < -0.4 is 16.4 Å². The summed E-state index contributed by atoms with van der Waals surface area (Å²) in [7, 11) is 0. The van der Waals surface area contributed by atoms with Gasteiger partial charge in [0.2, 0.25) is 0 Å². The van der Waals surface area contributed by atoms with Crippen LogP contribution in [0.5, 0.6) is 0 Å². The summed E-state index contributed by atoms with van der Waals surface area (Å²) in [6, 6.07) is 5.58. The van der Waals surface area contributed by atoms with Gasteiger partial charge in [-0.3, -0.25) is 0 Å². The minimum Gasteiger partial charge on any atom is -0.335 e. The van der Waals surface area contributed by atoms with E-state index >= 15 is 0 Å². The Bertz CT molecular complexity index is 407. The molecular weight excluding hydrogens is 233 g/mol. The molecule has 2 rings (SSSR count). The fourth-order valence-electron chi connectivity index (χ4n) is 2.38. The first kappa shape index (κ1) is 12.8. The zero-order valence-electron chi connectivity index (χ0n) is 10.2. The highest BCUT2D eigenvalue weighted by Gasteiger charge is 2.27. The summed E-state index contributed by atoms with van der Waals surface area (Å²) in [5, 5.41) is 5.60. The summed E-state index contributed by atoms with van der Waals surface area (Å²) >= 11 is 0. The maximum absolute atomic E-state index is 12.7. The fraction of sp³-hybridized carbons (Fsp3) is 0.462. The molecule has 2 unspecified atom stereocenters. The van der Waals surface area contributed by atoms with Crippen molar-refractivity contribution in [2.75, 3.05) is 11.9 Å². The Hall–Kier alpha value is -1.62. The number of carbonyl (C=O) groups is 1. The SMILES string of the molecule is NCC1CCCC1NC(=O)Nc1ccc(F)cc1. The second kappa shape index (κ2) is 5.82. The molecule has 1 aliphatic rings. The molecule has 1 aliphatic carbocycles. The van der Waals surface area contributed by atoms with Gasteiger partial charge in [0.15, 0.2) is 0 Å². The van der Waals surface area contributed by atoms with Crippen LogP contribution in [-0.4, -0.2) is 18.6 Å². The van der Waals surface area contributed by atoms with Crippen LogP contribution in [-0.2, 0) is 0 Å². The van der Waals surface area contributed by atoms with Crippen LogP contribution in [0.2, 0.25) is 0 Å². The predicted molar refractivity (Wildman–Crippen MR) is 68.7 cm³/mol. The summed E-state index contributed by atoms with van der Waals surface area (Å²) < 4.78 is 12.7. The third kappa shape index (κ3) is 3.20. The van der Waals surface area contributed by atoms with Gasteiger partial charge in [0.25, 0.3) is 0 Å². The monoisotopic (exact) mass is 251 g/mol. The lowest BCUT2D eigenvalue weighted by Crippen LogP contribution is -2.42. The van der Waals surface area contributed by atoms with Crippen molar-refractivity contribution < 1.29 is 9.18 Å². The molecule has 2 amide bonds. The summed E-state index contributed by atoms with van der Waals surface area (Å²) in [4.78, 5) is 11.8. The Morgan fingerprint density at radius 3 is 2.72 bits per heavy atom. The van der Waals surface area contributed by atoms with Gasteiger partial charge in [0.1, 0.15) is 5.82 Å². The predicted octanol–water partition coefficient (Wildman–Crippen LogP) is 2.07. The van der Waals surface area contributed by atoms with Gasteiger partial charge >= 0.3 is 6.03 Å². The minimum absolute atomic E-state index is 0.149. The Labute approximate surface area is 106 Å². The molecule has 1 fully saturated rings. The van der Waals surface area contributed by atoms with Crippen molar-refractivity contribution in [2.24, 2.45) is 11.7 Å². The van der Waals surface area contributed by atoms with E-state index in [1.165, 1.54) is 24.3 Å². The largest absolute Gasteiger partial charge is 0.335 e. The van der Waals surface area contributed by atoms with Gasteiger partial charge in [0.05, 0.1) is 0 Å². The first-order valence-electron chi connectivity index (χ1n) is 6.22. The minimum atomic E-state index is -0.319.